The van der Waals surface area contributed by atoms with Crippen molar-refractivity contribution in [2.24, 2.45) is 0 Å². The molecule has 0 saturated carbocycles. The van der Waals surface area contributed by atoms with E-state index < -0.39 is 22.2 Å². The van der Waals surface area contributed by atoms with Crippen molar-refractivity contribution in [2.75, 3.05) is 17.7 Å². The number of carboxylic acid groups (broad SMARTS) is 1. The summed E-state index contributed by atoms with van der Waals surface area (Å²) in [5, 5.41) is 7.12. The molecule has 0 aromatic carbocycles. The molecule has 2 aromatic rings. The molecule has 0 aliphatic carbocycles. The van der Waals surface area contributed by atoms with Crippen LogP contribution in [0.1, 0.15) is 24.0 Å². The van der Waals surface area contributed by atoms with Crippen LogP contribution in [0.3, 0.4) is 0 Å². The molecule has 14 heteroatoms. The minimum atomic E-state index is -5.08. The quantitative estimate of drug-likeness (QED) is 0.688. The van der Waals surface area contributed by atoms with Gasteiger partial charge in [0.1, 0.15) is 5.82 Å². The lowest BCUT2D eigenvalue weighted by Crippen LogP contribution is -2.34. The van der Waals surface area contributed by atoms with Crippen LogP contribution in [0.25, 0.3) is 0 Å². The number of aryl methyl sites for hydroxylation is 1. The zero-order valence-electron chi connectivity index (χ0n) is 16.2. The Morgan fingerprint density at radius 2 is 1.87 bits per heavy atom. The molecular formula is C16H21F3N6O4S. The molecular weight excluding hydrogens is 429 g/mol. The highest BCUT2D eigenvalue weighted by Crippen LogP contribution is 2.17. The molecule has 0 amide bonds. The number of aliphatic carboxylic acids is 1. The van der Waals surface area contributed by atoms with Gasteiger partial charge < -0.3 is 14.6 Å². The second kappa shape index (κ2) is 9.38. The number of alkyl halides is 3. The van der Waals surface area contributed by atoms with Gasteiger partial charge in [-0.25, -0.2) is 32.9 Å². The fourth-order valence-electron chi connectivity index (χ4n) is 2.47. The molecule has 166 valence electrons. The van der Waals surface area contributed by atoms with E-state index in [0.29, 0.717) is 12.5 Å². The number of rotatable bonds is 5. The van der Waals surface area contributed by atoms with Gasteiger partial charge in [-0.2, -0.15) is 13.2 Å². The fraction of sp³-hybridized carbons (Fsp3) is 0.500. The molecule has 3 heterocycles. The van der Waals surface area contributed by atoms with E-state index in [1.165, 1.54) is 0 Å². The predicted octanol–water partition coefficient (Wildman–Crippen LogP) is 0.938. The first-order valence-electron chi connectivity index (χ1n) is 8.74. The van der Waals surface area contributed by atoms with Crippen LogP contribution in [0, 0.1) is 0 Å². The van der Waals surface area contributed by atoms with E-state index in [1.54, 1.807) is 0 Å². The Labute approximate surface area is 170 Å². The minimum absolute atomic E-state index is 0.209. The average Bonchev–Trinajstić information content (AvgIpc) is 3.08. The van der Waals surface area contributed by atoms with Gasteiger partial charge in [0.2, 0.25) is 16.0 Å². The Bertz CT molecular complexity index is 976. The van der Waals surface area contributed by atoms with Crippen molar-refractivity contribution in [2.45, 2.75) is 39.2 Å². The summed E-state index contributed by atoms with van der Waals surface area (Å²) in [5.41, 5.74) is 1.83. The first kappa shape index (κ1) is 23.5. The van der Waals surface area contributed by atoms with Gasteiger partial charge in [0.25, 0.3) is 0 Å². The Hall–Kier alpha value is -2.74. The van der Waals surface area contributed by atoms with Crippen LogP contribution in [0.2, 0.25) is 0 Å². The number of fused-ring (bicyclic) bond motifs is 1. The highest BCUT2D eigenvalue weighted by Gasteiger charge is 2.38. The first-order chi connectivity index (χ1) is 13.9. The maximum Gasteiger partial charge on any atom is 0.490 e. The predicted molar refractivity (Wildman–Crippen MR) is 100 cm³/mol. The van der Waals surface area contributed by atoms with E-state index in [-0.39, 0.29) is 6.54 Å². The lowest BCUT2D eigenvalue weighted by molar-refractivity contribution is -0.192. The molecule has 10 nitrogen and oxygen atoms in total. The van der Waals surface area contributed by atoms with Gasteiger partial charge in [-0.05, 0) is 12.0 Å². The van der Waals surface area contributed by atoms with Crippen LogP contribution in [0.4, 0.5) is 19.1 Å². The third-order valence-electron chi connectivity index (χ3n) is 3.99. The average molecular weight is 450 g/mol. The number of sulfonamides is 1. The highest BCUT2D eigenvalue weighted by molar-refractivity contribution is 7.88. The summed E-state index contributed by atoms with van der Waals surface area (Å²) in [7, 11) is -3.21. The molecule has 0 fully saturated rings. The lowest BCUT2D eigenvalue weighted by Gasteiger charge is -2.27. The molecule has 0 spiro atoms. The number of hydrogen-bond acceptors (Lipinski definition) is 7. The van der Waals surface area contributed by atoms with E-state index >= 15 is 0 Å². The number of nitrogens with zero attached hydrogens (tertiary/aromatic N) is 5. The fourth-order valence-corrected chi connectivity index (χ4v) is 2.88. The highest BCUT2D eigenvalue weighted by atomic mass is 32.2. The molecule has 0 radical (unpaired) electrons. The van der Waals surface area contributed by atoms with Crippen molar-refractivity contribution in [1.29, 1.82) is 0 Å². The summed E-state index contributed by atoms with van der Waals surface area (Å²) in [6, 6.07) is 0. The zero-order chi connectivity index (χ0) is 22.5. The summed E-state index contributed by atoms with van der Waals surface area (Å²) in [5.74, 6) is -1.16. The number of aromatic nitrogens is 4. The topological polar surface area (TPSA) is 130 Å². The second-order valence-corrected chi connectivity index (χ2v) is 8.24. The SMILES string of the molecule is CCc1cnc(N2CCn3cc(CNS(C)(=O)=O)nc3C2)nc1.O=C(O)C(F)(F)F. The number of imidazole rings is 1. The van der Waals surface area contributed by atoms with Crippen LogP contribution in [0.5, 0.6) is 0 Å². The standard InChI is InChI=1S/C14H20N6O2S.C2HF3O2/c1-3-11-6-15-14(16-7-11)20-5-4-19-9-12(18-13(19)10-20)8-17-23(2,21)22;3-2(4,5)1(6)7/h6-7,9,17H,3-5,8,10H2,1-2H3;(H,6,7). The maximum absolute atomic E-state index is 11.2. The third-order valence-corrected chi connectivity index (χ3v) is 4.66. The summed E-state index contributed by atoms with van der Waals surface area (Å²) in [6.07, 6.45) is 2.57. The molecule has 0 unspecified atom stereocenters. The summed E-state index contributed by atoms with van der Waals surface area (Å²) in [6.45, 7) is 4.47. The van der Waals surface area contributed by atoms with Crippen LogP contribution in [-0.4, -0.2) is 58.0 Å². The van der Waals surface area contributed by atoms with Crippen LogP contribution < -0.4 is 9.62 Å². The van der Waals surface area contributed by atoms with Gasteiger partial charge in [-0.15, -0.1) is 0 Å². The molecule has 1 aliphatic rings. The Kier molecular flexibility index (Phi) is 7.36. The number of anilines is 1. The van der Waals surface area contributed by atoms with E-state index in [1.807, 2.05) is 18.6 Å². The van der Waals surface area contributed by atoms with Crippen molar-refractivity contribution in [1.82, 2.24) is 24.2 Å². The minimum Gasteiger partial charge on any atom is -0.475 e. The van der Waals surface area contributed by atoms with Crippen molar-refractivity contribution in [3.8, 4) is 0 Å². The molecule has 1 aliphatic heterocycles. The number of carbonyl (C=O) groups is 1. The molecule has 0 saturated heterocycles. The van der Waals surface area contributed by atoms with Crippen molar-refractivity contribution < 1.29 is 31.5 Å². The summed E-state index contributed by atoms with van der Waals surface area (Å²) in [4.78, 5) is 24.3. The van der Waals surface area contributed by atoms with Gasteiger partial charge in [-0.3, -0.25) is 0 Å². The first-order valence-corrected chi connectivity index (χ1v) is 10.6. The second-order valence-electron chi connectivity index (χ2n) is 6.40. The van der Waals surface area contributed by atoms with Gasteiger partial charge in [0.05, 0.1) is 25.0 Å². The van der Waals surface area contributed by atoms with Crippen molar-refractivity contribution in [3.63, 3.8) is 0 Å². The number of hydrogen-bond donors (Lipinski definition) is 2. The Morgan fingerprint density at radius 1 is 1.27 bits per heavy atom. The molecule has 30 heavy (non-hydrogen) atoms. The van der Waals surface area contributed by atoms with Crippen molar-refractivity contribution >= 4 is 21.9 Å². The van der Waals surface area contributed by atoms with Crippen LogP contribution in [-0.2, 0) is 40.9 Å². The Morgan fingerprint density at radius 3 is 2.37 bits per heavy atom. The van der Waals surface area contributed by atoms with E-state index in [0.717, 1.165) is 42.8 Å². The lowest BCUT2D eigenvalue weighted by atomic mass is 10.3. The number of carboxylic acids is 1. The van der Waals surface area contributed by atoms with E-state index in [4.69, 9.17) is 9.90 Å². The monoisotopic (exact) mass is 450 g/mol. The van der Waals surface area contributed by atoms with Crippen LogP contribution >= 0.6 is 0 Å². The van der Waals surface area contributed by atoms with Gasteiger partial charge in [-0.1, -0.05) is 6.92 Å². The molecule has 2 aromatic heterocycles. The number of nitrogens with one attached hydrogen (secondary N) is 1. The molecule has 0 atom stereocenters. The smallest absolute Gasteiger partial charge is 0.475 e. The van der Waals surface area contributed by atoms with E-state index in [2.05, 4.69) is 36.1 Å². The molecule has 3 rings (SSSR count). The molecule has 2 N–H and O–H groups in total. The molecule has 0 bridgehead atoms. The maximum atomic E-state index is 11.2. The van der Waals surface area contributed by atoms with Gasteiger partial charge >= 0.3 is 12.1 Å². The van der Waals surface area contributed by atoms with Crippen LogP contribution in [0.15, 0.2) is 18.6 Å². The zero-order valence-corrected chi connectivity index (χ0v) is 17.0. The van der Waals surface area contributed by atoms with Gasteiger partial charge in [0.15, 0.2) is 0 Å². The normalized spacial score (nSPS) is 14.0. The summed E-state index contributed by atoms with van der Waals surface area (Å²) < 4.78 is 58.6. The number of halogens is 3. The van der Waals surface area contributed by atoms with E-state index in [9.17, 15) is 21.6 Å². The summed E-state index contributed by atoms with van der Waals surface area (Å²) >= 11 is 0. The Balaban J connectivity index is 0.000000396. The third kappa shape index (κ3) is 6.95. The largest absolute Gasteiger partial charge is 0.490 e. The van der Waals surface area contributed by atoms with Crippen molar-refractivity contribution in [3.05, 3.63) is 35.7 Å². The van der Waals surface area contributed by atoms with Gasteiger partial charge in [0, 0.05) is 31.7 Å².